The molecule has 7 heteroatoms. The summed E-state index contributed by atoms with van der Waals surface area (Å²) >= 11 is 0. The Labute approximate surface area is 116 Å². The monoisotopic (exact) mass is 288 g/mol. The summed E-state index contributed by atoms with van der Waals surface area (Å²) in [4.78, 5) is 22.1. The molecule has 0 fully saturated rings. The van der Waals surface area contributed by atoms with E-state index in [-0.39, 0.29) is 0 Å². The normalized spacial score (nSPS) is 11.3. The van der Waals surface area contributed by atoms with Crippen molar-refractivity contribution in [2.75, 3.05) is 6.61 Å². The van der Waals surface area contributed by atoms with Gasteiger partial charge in [-0.1, -0.05) is 56.2 Å². The van der Waals surface area contributed by atoms with Gasteiger partial charge in [0.2, 0.25) is 9.76 Å². The van der Waals surface area contributed by atoms with Gasteiger partial charge in [-0.15, -0.1) is 0 Å². The molecule has 0 radical (unpaired) electrons. The van der Waals surface area contributed by atoms with Gasteiger partial charge in [0, 0.05) is 0 Å². The minimum atomic E-state index is -0.864. The second kappa shape index (κ2) is 13.2. The summed E-state index contributed by atoms with van der Waals surface area (Å²) in [6.45, 7) is 4.48. The van der Waals surface area contributed by atoms with Crippen LogP contribution in [0.3, 0.4) is 0 Å². The molecule has 110 valence electrons. The minimum Gasteiger partial charge on any atom is -0.507 e. The molecule has 0 bridgehead atoms. The van der Waals surface area contributed by atoms with Crippen molar-refractivity contribution in [3.63, 3.8) is 0 Å². The smallest absolute Gasteiger partial charge is 0.452 e. The predicted octanol–water partition coefficient (Wildman–Crippen LogP) is 3.59. The van der Waals surface area contributed by atoms with E-state index in [9.17, 15) is 9.59 Å². The van der Waals surface area contributed by atoms with Crippen molar-refractivity contribution in [1.29, 1.82) is 0 Å². The quantitative estimate of drug-likeness (QED) is 0.369. The summed E-state index contributed by atoms with van der Waals surface area (Å²) in [6, 6.07) is 0.906. The van der Waals surface area contributed by atoms with Crippen molar-refractivity contribution in [2.24, 2.45) is 10.2 Å². The third-order valence-electron chi connectivity index (χ3n) is 2.41. The Morgan fingerprint density at radius 1 is 0.947 bits per heavy atom. The lowest BCUT2D eigenvalue weighted by atomic mass is 10.2. The highest BCUT2D eigenvalue weighted by Gasteiger charge is 2.03. The molecule has 0 aromatic carbocycles. The van der Waals surface area contributed by atoms with Gasteiger partial charge in [-0.05, 0) is 12.5 Å². The summed E-state index contributed by atoms with van der Waals surface area (Å²) in [5.74, 6) is 0. The molecule has 0 heterocycles. The first kappa shape index (κ1) is 17.8. The van der Waals surface area contributed by atoms with E-state index < -0.39 is 21.9 Å². The molecular formula is C12H24N2O4Si. The van der Waals surface area contributed by atoms with E-state index in [1.54, 1.807) is 0 Å². The van der Waals surface area contributed by atoms with Crippen molar-refractivity contribution in [1.82, 2.24) is 0 Å². The Kier molecular flexibility index (Phi) is 12.3. The zero-order valence-corrected chi connectivity index (χ0v) is 13.3. The van der Waals surface area contributed by atoms with E-state index in [0.29, 0.717) is 6.61 Å². The number of amides is 2. The van der Waals surface area contributed by atoms with Crippen LogP contribution in [-0.4, -0.2) is 28.6 Å². The van der Waals surface area contributed by atoms with Crippen LogP contribution in [0.5, 0.6) is 0 Å². The van der Waals surface area contributed by atoms with Crippen molar-refractivity contribution in [3.05, 3.63) is 0 Å². The second-order valence-corrected chi connectivity index (χ2v) is 5.60. The highest BCUT2D eigenvalue weighted by Crippen LogP contribution is 2.02. The standard InChI is InChI=1S/C12H24N2O4Si/c1-3-5-6-7-8-9-17-11(15)13-14-12(16)18-19-10-4-2/h3-10,19H2,1-2H3. The number of carbonyl (C=O) groups excluding carboxylic acids is 2. The van der Waals surface area contributed by atoms with E-state index in [1.807, 2.05) is 6.92 Å². The number of rotatable bonds is 9. The Bertz CT molecular complexity index is 285. The highest BCUT2D eigenvalue weighted by molar-refractivity contribution is 6.30. The summed E-state index contributed by atoms with van der Waals surface area (Å²) < 4.78 is 9.64. The fourth-order valence-electron chi connectivity index (χ4n) is 1.31. The molecule has 0 unspecified atom stereocenters. The molecule has 19 heavy (non-hydrogen) atoms. The molecule has 0 spiro atoms. The Balaban J connectivity index is 3.53. The lowest BCUT2D eigenvalue weighted by Gasteiger charge is -2.00. The van der Waals surface area contributed by atoms with Gasteiger partial charge in [0.1, 0.15) is 0 Å². The second-order valence-electron chi connectivity index (χ2n) is 4.20. The largest absolute Gasteiger partial charge is 0.507 e. The van der Waals surface area contributed by atoms with Crippen LogP contribution < -0.4 is 0 Å². The first-order valence-corrected chi connectivity index (χ1v) is 8.53. The van der Waals surface area contributed by atoms with Crippen LogP contribution in [0, 0.1) is 0 Å². The van der Waals surface area contributed by atoms with E-state index in [4.69, 9.17) is 9.16 Å². The van der Waals surface area contributed by atoms with Crippen LogP contribution in [-0.2, 0) is 9.16 Å². The van der Waals surface area contributed by atoms with Gasteiger partial charge < -0.3 is 9.16 Å². The number of azo groups is 1. The molecule has 6 nitrogen and oxygen atoms in total. The van der Waals surface area contributed by atoms with E-state index in [2.05, 4.69) is 17.2 Å². The zero-order chi connectivity index (χ0) is 14.3. The molecule has 0 aliphatic rings. The highest BCUT2D eigenvalue weighted by atomic mass is 28.2. The first-order valence-electron chi connectivity index (χ1n) is 6.96. The van der Waals surface area contributed by atoms with Gasteiger partial charge >= 0.3 is 12.2 Å². The summed E-state index contributed by atoms with van der Waals surface area (Å²) in [6.07, 6.45) is 4.72. The number of carbonyl (C=O) groups is 2. The molecule has 0 saturated heterocycles. The van der Waals surface area contributed by atoms with Crippen LogP contribution in [0.2, 0.25) is 6.04 Å². The lowest BCUT2D eigenvalue weighted by Crippen LogP contribution is -2.05. The number of hydrogen-bond donors (Lipinski definition) is 0. The number of unbranched alkanes of at least 4 members (excludes halogenated alkanes) is 4. The van der Waals surface area contributed by atoms with Gasteiger partial charge in [0.25, 0.3) is 0 Å². The van der Waals surface area contributed by atoms with E-state index >= 15 is 0 Å². The summed E-state index contributed by atoms with van der Waals surface area (Å²) in [5, 5.41) is 6.30. The predicted molar refractivity (Wildman–Crippen MR) is 75.1 cm³/mol. The average molecular weight is 288 g/mol. The van der Waals surface area contributed by atoms with Crippen LogP contribution in [0.15, 0.2) is 10.2 Å². The fraction of sp³-hybridized carbons (Fsp3) is 0.833. The summed E-state index contributed by atoms with van der Waals surface area (Å²) in [7, 11) is -0.864. The zero-order valence-electron chi connectivity index (χ0n) is 11.9. The van der Waals surface area contributed by atoms with Crippen LogP contribution in [0.4, 0.5) is 9.59 Å². The molecule has 0 rings (SSSR count). The number of hydrogen-bond acceptors (Lipinski definition) is 4. The molecule has 0 aromatic heterocycles. The third-order valence-corrected chi connectivity index (χ3v) is 3.86. The van der Waals surface area contributed by atoms with Gasteiger partial charge in [-0.2, -0.15) is 0 Å². The van der Waals surface area contributed by atoms with Crippen LogP contribution >= 0.6 is 0 Å². The maximum Gasteiger partial charge on any atom is 0.452 e. The molecule has 0 aliphatic carbocycles. The Hall–Kier alpha value is -1.24. The number of ether oxygens (including phenoxy) is 1. The molecule has 0 saturated carbocycles. The van der Waals surface area contributed by atoms with Crippen LogP contribution in [0.25, 0.3) is 0 Å². The molecule has 0 aromatic rings. The Morgan fingerprint density at radius 3 is 2.32 bits per heavy atom. The summed E-state index contributed by atoms with van der Waals surface area (Å²) in [5.41, 5.74) is 0. The molecule has 0 atom stereocenters. The first-order chi connectivity index (χ1) is 9.20. The fourth-order valence-corrected chi connectivity index (χ4v) is 1.97. The van der Waals surface area contributed by atoms with Gasteiger partial charge in [-0.25, -0.2) is 9.59 Å². The van der Waals surface area contributed by atoms with Gasteiger partial charge in [0.15, 0.2) is 0 Å². The van der Waals surface area contributed by atoms with Crippen LogP contribution in [0.1, 0.15) is 52.4 Å². The number of nitrogens with zero attached hydrogens (tertiary/aromatic N) is 2. The topological polar surface area (TPSA) is 77.3 Å². The molecule has 2 amide bonds. The molecule has 0 N–H and O–H groups in total. The van der Waals surface area contributed by atoms with Crippen molar-refractivity contribution in [2.45, 2.75) is 58.4 Å². The SMILES string of the molecule is CCCCCCCOC(=O)N=NC(=O)O[SiH2]CCC. The maximum atomic E-state index is 11.1. The molecular weight excluding hydrogens is 264 g/mol. The van der Waals surface area contributed by atoms with Crippen molar-refractivity contribution < 1.29 is 18.8 Å². The van der Waals surface area contributed by atoms with E-state index in [0.717, 1.165) is 31.7 Å². The maximum absolute atomic E-state index is 11.1. The lowest BCUT2D eigenvalue weighted by molar-refractivity contribution is 0.152. The van der Waals surface area contributed by atoms with E-state index in [1.165, 1.54) is 12.8 Å². The van der Waals surface area contributed by atoms with Crippen molar-refractivity contribution >= 4 is 21.9 Å². The minimum absolute atomic E-state index is 0.321. The van der Waals surface area contributed by atoms with Crippen molar-refractivity contribution in [3.8, 4) is 0 Å². The Morgan fingerprint density at radius 2 is 1.63 bits per heavy atom. The third kappa shape index (κ3) is 13.0. The van der Waals surface area contributed by atoms with Gasteiger partial charge in [0.05, 0.1) is 6.61 Å². The van der Waals surface area contributed by atoms with Gasteiger partial charge in [-0.3, -0.25) is 0 Å². The average Bonchev–Trinajstić information content (AvgIpc) is 2.40. The molecule has 0 aliphatic heterocycles.